The average molecular weight is 453 g/mol. The number of hydrogen-bond donors (Lipinski definition) is 3. The lowest BCUT2D eigenvalue weighted by Gasteiger charge is -2.26. The molecule has 1 aromatic heterocycles. The van der Waals surface area contributed by atoms with E-state index in [1.54, 1.807) is 30.3 Å². The molecule has 8 heteroatoms. The number of para-hydroxylation sites is 1. The van der Waals surface area contributed by atoms with E-state index >= 15 is 0 Å². The molecule has 2 amide bonds. The number of carbonyl (C=O) groups is 2. The van der Waals surface area contributed by atoms with Gasteiger partial charge in [0.05, 0.1) is 11.9 Å². The number of nitrogens with one attached hydrogen (secondary N) is 2. The summed E-state index contributed by atoms with van der Waals surface area (Å²) < 4.78 is 0. The Labute approximate surface area is 199 Å². The Morgan fingerprint density at radius 2 is 1.79 bits per heavy atom. The third kappa shape index (κ3) is 5.93. The van der Waals surface area contributed by atoms with E-state index in [1.807, 2.05) is 24.3 Å². The molecule has 1 aliphatic rings. The molecule has 0 bridgehead atoms. The van der Waals surface area contributed by atoms with E-state index in [9.17, 15) is 9.59 Å². The number of hydrogen-bond acceptors (Lipinski definition) is 6. The summed E-state index contributed by atoms with van der Waals surface area (Å²) in [5.74, 6) is -0.544. The summed E-state index contributed by atoms with van der Waals surface area (Å²) >= 11 is 0. The fourth-order valence-corrected chi connectivity index (χ4v) is 3.85. The Morgan fingerprint density at radius 3 is 2.58 bits per heavy atom. The van der Waals surface area contributed by atoms with Gasteiger partial charge >= 0.3 is 0 Å². The van der Waals surface area contributed by atoms with E-state index in [-0.39, 0.29) is 23.1 Å². The molecule has 0 spiro atoms. The van der Waals surface area contributed by atoms with Crippen molar-refractivity contribution in [2.24, 2.45) is 0 Å². The second kappa shape index (κ2) is 10.7. The van der Waals surface area contributed by atoms with E-state index in [0.29, 0.717) is 29.1 Å². The number of benzene rings is 2. The van der Waals surface area contributed by atoms with Crippen molar-refractivity contribution in [3.63, 3.8) is 0 Å². The monoisotopic (exact) mass is 452 g/mol. The summed E-state index contributed by atoms with van der Waals surface area (Å²) in [4.78, 5) is 36.3. The van der Waals surface area contributed by atoms with Gasteiger partial charge in [0.15, 0.2) is 11.5 Å². The summed E-state index contributed by atoms with van der Waals surface area (Å²) in [7, 11) is 0. The van der Waals surface area contributed by atoms with Crippen molar-refractivity contribution in [1.29, 1.82) is 0 Å². The smallest absolute Gasteiger partial charge is 0.278 e. The molecule has 1 aliphatic heterocycles. The van der Waals surface area contributed by atoms with Crippen molar-refractivity contribution in [3.05, 3.63) is 72.1 Å². The summed E-state index contributed by atoms with van der Waals surface area (Å²) in [5, 5.41) is 5.76. The first-order valence-corrected chi connectivity index (χ1v) is 11.2. The molecule has 0 unspecified atom stereocenters. The Kier molecular flexibility index (Phi) is 7.26. The zero-order valence-electron chi connectivity index (χ0n) is 18.5. The number of aromatic nitrogens is 2. The lowest BCUT2D eigenvalue weighted by Crippen LogP contribution is -2.37. The van der Waals surface area contributed by atoms with Gasteiger partial charge in [0.2, 0.25) is 0 Å². The highest BCUT2D eigenvalue weighted by molar-refractivity contribution is 6.06. The van der Waals surface area contributed by atoms with Crippen LogP contribution in [0.25, 0.3) is 11.3 Å². The Hall–Kier alpha value is -3.78. The van der Waals surface area contributed by atoms with Crippen LogP contribution in [0.4, 0.5) is 11.5 Å². The molecular weight excluding hydrogens is 416 g/mol. The first-order valence-electron chi connectivity index (χ1n) is 11.2. The van der Waals surface area contributed by atoms with Gasteiger partial charge in [-0.25, -0.2) is 9.97 Å². The predicted octanol–water partition coefficient (Wildman–Crippen LogP) is 4.18. The van der Waals surface area contributed by atoms with Crippen LogP contribution in [0.5, 0.6) is 0 Å². The minimum absolute atomic E-state index is 0. The fourth-order valence-electron chi connectivity index (χ4n) is 3.85. The number of likely N-dealkylation sites (tertiary alicyclic amines) is 1. The lowest BCUT2D eigenvalue weighted by atomic mass is 10.1. The Morgan fingerprint density at radius 1 is 1.00 bits per heavy atom. The molecule has 2 heterocycles. The van der Waals surface area contributed by atoms with Crippen molar-refractivity contribution in [2.45, 2.75) is 19.3 Å². The fraction of sp³-hybridized carbons (Fsp3) is 0.280. The van der Waals surface area contributed by atoms with Gasteiger partial charge < -0.3 is 21.3 Å². The zero-order chi connectivity index (χ0) is 23.0. The van der Waals surface area contributed by atoms with Crippen LogP contribution in [-0.2, 0) is 0 Å². The topological polar surface area (TPSA) is 113 Å². The molecule has 3 aromatic rings. The van der Waals surface area contributed by atoms with Gasteiger partial charge in [-0.15, -0.1) is 0 Å². The summed E-state index contributed by atoms with van der Waals surface area (Å²) in [6.45, 7) is 3.66. The number of carbonyl (C=O) groups excluding carboxylic acids is 2. The molecule has 8 nitrogen and oxygen atoms in total. The molecule has 0 aliphatic carbocycles. The summed E-state index contributed by atoms with van der Waals surface area (Å²) in [5.41, 5.74) is 8.26. The van der Waals surface area contributed by atoms with Crippen LogP contribution in [0.1, 0.15) is 45.8 Å². The number of piperidine rings is 1. The Bertz CT molecular complexity index is 1130. The van der Waals surface area contributed by atoms with Crippen molar-refractivity contribution >= 4 is 23.3 Å². The molecule has 1 fully saturated rings. The van der Waals surface area contributed by atoms with Gasteiger partial charge in [-0.1, -0.05) is 36.8 Å². The van der Waals surface area contributed by atoms with Crippen LogP contribution in [-0.4, -0.2) is 52.9 Å². The highest BCUT2D eigenvalue weighted by atomic mass is 16.2. The van der Waals surface area contributed by atoms with Crippen LogP contribution < -0.4 is 16.4 Å². The molecule has 0 atom stereocenters. The van der Waals surface area contributed by atoms with Gasteiger partial charge in [-0.3, -0.25) is 9.59 Å². The number of amides is 2. The molecule has 178 valence electrons. The zero-order valence-corrected chi connectivity index (χ0v) is 18.5. The second-order valence-corrected chi connectivity index (χ2v) is 8.05. The van der Waals surface area contributed by atoms with Crippen LogP contribution in [0, 0.1) is 0 Å². The maximum atomic E-state index is 12.7. The van der Waals surface area contributed by atoms with E-state index in [4.69, 9.17) is 5.73 Å². The molecule has 4 N–H and O–H groups in total. The van der Waals surface area contributed by atoms with Crippen molar-refractivity contribution in [3.8, 4) is 11.3 Å². The van der Waals surface area contributed by atoms with Gasteiger partial charge in [0.25, 0.3) is 11.8 Å². The Balaban J connectivity index is 0.00000324. The van der Waals surface area contributed by atoms with Gasteiger partial charge in [0, 0.05) is 35.6 Å². The second-order valence-electron chi connectivity index (χ2n) is 8.05. The van der Waals surface area contributed by atoms with E-state index in [2.05, 4.69) is 25.5 Å². The minimum atomic E-state index is -0.445. The van der Waals surface area contributed by atoms with Crippen LogP contribution >= 0.6 is 0 Å². The number of rotatable bonds is 7. The molecule has 33 heavy (non-hydrogen) atoms. The quantitative estimate of drug-likeness (QED) is 0.496. The van der Waals surface area contributed by atoms with Gasteiger partial charge in [-0.05, 0) is 50.2 Å². The first kappa shape index (κ1) is 22.4. The largest absolute Gasteiger partial charge is 0.382 e. The highest BCUT2D eigenvalue weighted by Crippen LogP contribution is 2.21. The number of nitrogens with zero attached hydrogens (tertiary/aromatic N) is 3. The normalized spacial score (nSPS) is 13.9. The molecule has 2 aromatic carbocycles. The van der Waals surface area contributed by atoms with E-state index in [0.717, 1.165) is 19.6 Å². The van der Waals surface area contributed by atoms with E-state index < -0.39 is 5.91 Å². The maximum absolute atomic E-state index is 12.7. The van der Waals surface area contributed by atoms with Crippen molar-refractivity contribution in [2.75, 3.05) is 37.2 Å². The molecule has 0 saturated carbocycles. The van der Waals surface area contributed by atoms with Crippen LogP contribution in [0.3, 0.4) is 0 Å². The lowest BCUT2D eigenvalue weighted by molar-refractivity contribution is 0.0945. The number of nitrogens with two attached hydrogens (primary N) is 1. The SMILES string of the molecule is Nc1ncc(-c2cccc(C(=O)NCCN3CCCCC3)c2)nc1C(=O)Nc1ccccc1.[HH].[HH].[HH].[HH]. The third-order valence-electron chi connectivity index (χ3n) is 5.63. The van der Waals surface area contributed by atoms with Crippen molar-refractivity contribution in [1.82, 2.24) is 20.2 Å². The molecule has 1 saturated heterocycles. The van der Waals surface area contributed by atoms with Gasteiger partial charge in [0.1, 0.15) is 0 Å². The van der Waals surface area contributed by atoms with Crippen LogP contribution in [0.2, 0.25) is 0 Å². The summed E-state index contributed by atoms with van der Waals surface area (Å²) in [6, 6.07) is 16.2. The first-order chi connectivity index (χ1) is 16.1. The predicted molar refractivity (Wildman–Crippen MR) is 137 cm³/mol. The summed E-state index contributed by atoms with van der Waals surface area (Å²) in [6.07, 6.45) is 5.25. The van der Waals surface area contributed by atoms with Gasteiger partial charge in [-0.2, -0.15) is 0 Å². The highest BCUT2D eigenvalue weighted by Gasteiger charge is 2.16. The molecule has 0 radical (unpaired) electrons. The van der Waals surface area contributed by atoms with Crippen LogP contribution in [0.15, 0.2) is 60.8 Å². The van der Waals surface area contributed by atoms with E-state index in [1.165, 1.54) is 25.5 Å². The maximum Gasteiger partial charge on any atom is 0.278 e. The standard InChI is InChI=1S/C25H28N6O2.4H2/c26-23-22(25(33)29-20-10-3-1-4-11-20)30-21(17-28-23)18-8-7-9-19(16-18)24(32)27-12-15-31-13-5-2-6-14-31;;;;/h1,3-4,7-11,16-17H,2,5-6,12-15H2,(H2,26,28)(H,27,32)(H,29,33);4*1H. The third-order valence-corrected chi connectivity index (χ3v) is 5.63. The average Bonchev–Trinajstić information content (AvgIpc) is 2.85. The minimum Gasteiger partial charge on any atom is -0.382 e. The van der Waals surface area contributed by atoms with Crippen molar-refractivity contribution < 1.29 is 15.3 Å². The number of nitrogen functional groups attached to an aromatic ring is 1. The number of anilines is 2. The molecule has 4 rings (SSSR count). The molecular formula is C25H36N6O2.